The van der Waals surface area contributed by atoms with Crippen molar-refractivity contribution in [2.24, 2.45) is 0 Å². The summed E-state index contributed by atoms with van der Waals surface area (Å²) in [7, 11) is 0. The predicted molar refractivity (Wildman–Crippen MR) is 95.0 cm³/mol. The number of pyridine rings is 1. The third kappa shape index (κ3) is 5.68. The lowest BCUT2D eigenvalue weighted by Crippen LogP contribution is -2.34. The molecule has 0 aliphatic rings. The van der Waals surface area contributed by atoms with Gasteiger partial charge in [-0.1, -0.05) is 64.1 Å². The number of hydrogen-bond acceptors (Lipinski definition) is 2. The van der Waals surface area contributed by atoms with E-state index in [1.54, 1.807) is 12.3 Å². The Morgan fingerprint density at radius 3 is 1.95 bits per heavy atom. The lowest BCUT2D eigenvalue weighted by atomic mass is 9.84. The molecule has 1 N–H and O–H groups in total. The zero-order valence-corrected chi connectivity index (χ0v) is 14.6. The first-order valence-corrected chi connectivity index (χ1v) is 7.89. The Kier molecular flexibility index (Phi) is 9.51. The minimum atomic E-state index is -0.585. The van der Waals surface area contributed by atoms with Crippen molar-refractivity contribution in [3.05, 3.63) is 60.3 Å². The number of hydrogen-bond donors (Lipinski definition) is 1. The Labute approximate surface area is 134 Å². The minimum absolute atomic E-state index is 0.0626. The molecule has 0 saturated carbocycles. The fraction of sp³-hybridized carbons (Fsp3) is 0.368. The Balaban J connectivity index is 0.00000102. The second-order valence-electron chi connectivity index (χ2n) is 4.66. The maximum atomic E-state index is 12.3. The summed E-state index contributed by atoms with van der Waals surface area (Å²) in [5.74, 6) is 0.513. The predicted octanol–water partition coefficient (Wildman–Crippen LogP) is 5.05. The molecule has 0 radical (unpaired) electrons. The molecule has 1 aromatic carbocycles. The second-order valence-corrected chi connectivity index (χ2v) is 4.66. The van der Waals surface area contributed by atoms with E-state index in [1.165, 1.54) is 0 Å². The zero-order chi connectivity index (χ0) is 17.0. The largest absolute Gasteiger partial charge is 0.310 e. The highest BCUT2D eigenvalue weighted by Crippen LogP contribution is 2.24. The van der Waals surface area contributed by atoms with Gasteiger partial charge in [0, 0.05) is 6.20 Å². The van der Waals surface area contributed by atoms with Crippen LogP contribution >= 0.6 is 0 Å². The average molecular weight is 300 g/mol. The van der Waals surface area contributed by atoms with E-state index in [0.717, 1.165) is 5.56 Å². The number of carbonyl (C=O) groups is 1. The van der Waals surface area contributed by atoms with Gasteiger partial charge in [0.1, 0.15) is 5.82 Å². The van der Waals surface area contributed by atoms with Crippen molar-refractivity contribution in [3.63, 3.8) is 0 Å². The summed E-state index contributed by atoms with van der Waals surface area (Å²) in [4.78, 5) is 16.4. The van der Waals surface area contributed by atoms with E-state index in [-0.39, 0.29) is 5.91 Å². The number of nitrogens with one attached hydrogen (secondary N) is 1. The van der Waals surface area contributed by atoms with Gasteiger partial charge in [-0.15, -0.1) is 0 Å². The Morgan fingerprint density at radius 1 is 0.909 bits per heavy atom. The van der Waals surface area contributed by atoms with Crippen LogP contribution in [-0.4, -0.2) is 10.9 Å². The van der Waals surface area contributed by atoms with Crippen LogP contribution in [0.2, 0.25) is 0 Å². The Hall–Kier alpha value is -2.16. The number of aromatic nitrogens is 1. The molecular weight excluding hydrogens is 272 g/mol. The van der Waals surface area contributed by atoms with Crippen molar-refractivity contribution in [2.45, 2.75) is 47.0 Å². The molecule has 3 nitrogen and oxygen atoms in total. The number of anilines is 1. The number of nitrogens with zero attached hydrogens (tertiary/aromatic N) is 1. The molecule has 0 bridgehead atoms. The van der Waals surface area contributed by atoms with Gasteiger partial charge in [0.2, 0.25) is 5.91 Å². The first kappa shape index (κ1) is 19.8. The van der Waals surface area contributed by atoms with Gasteiger partial charge < -0.3 is 5.32 Å². The molecule has 0 saturated heterocycles. The molecule has 0 unspecified atom stereocenters. The third-order valence-electron chi connectivity index (χ3n) is 2.97. The van der Waals surface area contributed by atoms with E-state index in [1.807, 2.05) is 84.0 Å². The van der Waals surface area contributed by atoms with Crippen molar-refractivity contribution in [1.82, 2.24) is 4.98 Å². The van der Waals surface area contributed by atoms with Crippen molar-refractivity contribution in [3.8, 4) is 0 Å². The topological polar surface area (TPSA) is 42.0 Å². The molecule has 1 aromatic heterocycles. The minimum Gasteiger partial charge on any atom is -0.310 e. The van der Waals surface area contributed by atoms with Crippen LogP contribution in [0.4, 0.5) is 5.82 Å². The maximum absolute atomic E-state index is 12.3. The van der Waals surface area contributed by atoms with E-state index >= 15 is 0 Å². The molecule has 0 atom stereocenters. The monoisotopic (exact) mass is 300 g/mol. The molecule has 2 aromatic rings. The summed E-state index contributed by atoms with van der Waals surface area (Å²) < 4.78 is 0. The summed E-state index contributed by atoms with van der Waals surface area (Å²) >= 11 is 0. The smallest absolute Gasteiger partial charge is 0.235 e. The molecule has 1 heterocycles. The normalized spacial score (nSPS) is 9.55. The van der Waals surface area contributed by atoms with Gasteiger partial charge in [0.05, 0.1) is 5.41 Å². The van der Waals surface area contributed by atoms with Crippen molar-refractivity contribution in [2.75, 3.05) is 5.32 Å². The summed E-state index contributed by atoms with van der Waals surface area (Å²) in [5, 5.41) is 2.83. The van der Waals surface area contributed by atoms with Crippen LogP contribution in [0.25, 0.3) is 0 Å². The van der Waals surface area contributed by atoms with Gasteiger partial charge in [-0.3, -0.25) is 4.79 Å². The average Bonchev–Trinajstić information content (AvgIpc) is 2.60. The molecule has 0 spiro atoms. The van der Waals surface area contributed by atoms with Crippen LogP contribution in [0.1, 0.15) is 47.1 Å². The summed E-state index contributed by atoms with van der Waals surface area (Å²) in [5.41, 5.74) is 0.400. The van der Waals surface area contributed by atoms with Crippen molar-refractivity contribution >= 4 is 11.7 Å². The number of benzene rings is 1. The fourth-order valence-corrected chi connectivity index (χ4v) is 1.70. The first-order valence-electron chi connectivity index (χ1n) is 7.89. The number of carbonyl (C=O) groups excluding carboxylic acids is 1. The highest BCUT2D eigenvalue weighted by atomic mass is 16.2. The molecule has 2 rings (SSSR count). The number of rotatable bonds is 3. The highest BCUT2D eigenvalue weighted by Gasteiger charge is 2.29. The van der Waals surface area contributed by atoms with Gasteiger partial charge >= 0.3 is 0 Å². The molecule has 0 aliphatic heterocycles. The molecule has 3 heteroatoms. The lowest BCUT2D eigenvalue weighted by Gasteiger charge is -2.23. The van der Waals surface area contributed by atoms with E-state index in [2.05, 4.69) is 10.3 Å². The van der Waals surface area contributed by atoms with Crippen LogP contribution in [0, 0.1) is 0 Å². The summed E-state index contributed by atoms with van der Waals surface area (Å²) in [6.45, 7) is 11.8. The van der Waals surface area contributed by atoms with Gasteiger partial charge in [-0.25, -0.2) is 4.98 Å². The first-order chi connectivity index (χ1) is 10.6. The van der Waals surface area contributed by atoms with Crippen LogP contribution in [0.5, 0.6) is 0 Å². The molecule has 120 valence electrons. The SMILES string of the molecule is CC.CC.CC(C)(C(=O)Nc1ccccn1)c1ccccc1. The van der Waals surface area contributed by atoms with Gasteiger partial charge in [-0.2, -0.15) is 0 Å². The lowest BCUT2D eigenvalue weighted by molar-refractivity contribution is -0.120. The summed E-state index contributed by atoms with van der Waals surface area (Å²) in [6, 6.07) is 15.2. The Bertz CT molecular complexity index is 522. The van der Waals surface area contributed by atoms with E-state index in [4.69, 9.17) is 0 Å². The van der Waals surface area contributed by atoms with E-state index in [0.29, 0.717) is 5.82 Å². The van der Waals surface area contributed by atoms with Crippen LogP contribution < -0.4 is 5.32 Å². The van der Waals surface area contributed by atoms with Crippen LogP contribution in [0.3, 0.4) is 0 Å². The summed E-state index contributed by atoms with van der Waals surface area (Å²) in [6.07, 6.45) is 1.66. The number of amides is 1. The standard InChI is InChI=1S/C15H16N2O.2C2H6/c1-15(2,12-8-4-3-5-9-12)14(18)17-13-10-6-7-11-16-13;2*1-2/h3-11H,1-2H3,(H,16,17,18);2*1-2H3. The molecule has 22 heavy (non-hydrogen) atoms. The molecule has 0 fully saturated rings. The van der Waals surface area contributed by atoms with E-state index < -0.39 is 5.41 Å². The second kappa shape index (κ2) is 10.6. The third-order valence-corrected chi connectivity index (χ3v) is 2.97. The van der Waals surface area contributed by atoms with Crippen LogP contribution in [-0.2, 0) is 10.2 Å². The quantitative estimate of drug-likeness (QED) is 0.861. The zero-order valence-electron chi connectivity index (χ0n) is 14.6. The molecular formula is C19H28N2O. The molecule has 0 aliphatic carbocycles. The van der Waals surface area contributed by atoms with Crippen molar-refractivity contribution < 1.29 is 4.79 Å². The van der Waals surface area contributed by atoms with Gasteiger partial charge in [0.25, 0.3) is 0 Å². The highest BCUT2D eigenvalue weighted by molar-refractivity contribution is 5.97. The van der Waals surface area contributed by atoms with E-state index in [9.17, 15) is 4.79 Å². The maximum Gasteiger partial charge on any atom is 0.235 e. The molecule has 1 amide bonds. The fourth-order valence-electron chi connectivity index (χ4n) is 1.70. The Morgan fingerprint density at radius 2 is 1.45 bits per heavy atom. The van der Waals surface area contributed by atoms with Crippen molar-refractivity contribution in [1.29, 1.82) is 0 Å². The van der Waals surface area contributed by atoms with Gasteiger partial charge in [0.15, 0.2) is 0 Å². The van der Waals surface area contributed by atoms with Crippen LogP contribution in [0.15, 0.2) is 54.7 Å². The van der Waals surface area contributed by atoms with Gasteiger partial charge in [-0.05, 0) is 31.5 Å².